The van der Waals surface area contributed by atoms with Gasteiger partial charge < -0.3 is 10.1 Å². The van der Waals surface area contributed by atoms with Gasteiger partial charge in [0, 0.05) is 17.1 Å². The van der Waals surface area contributed by atoms with Crippen LogP contribution in [0, 0.1) is 6.92 Å². The Morgan fingerprint density at radius 3 is 2.63 bits per heavy atom. The predicted molar refractivity (Wildman–Crippen MR) is 117 cm³/mol. The molecule has 0 heterocycles. The van der Waals surface area contributed by atoms with Crippen molar-refractivity contribution in [3.05, 3.63) is 75.8 Å². The fourth-order valence-corrected chi connectivity index (χ4v) is 3.47. The summed E-state index contributed by atoms with van der Waals surface area (Å²) in [7, 11) is 0. The van der Waals surface area contributed by atoms with Crippen molar-refractivity contribution in [1.29, 1.82) is 0 Å². The highest BCUT2D eigenvalue weighted by molar-refractivity contribution is 6.30. The summed E-state index contributed by atoms with van der Waals surface area (Å²) < 4.78 is 6.06. The first-order valence-electron chi connectivity index (χ1n) is 9.56. The molecule has 0 aromatic heterocycles. The minimum absolute atomic E-state index is 0. The molecule has 1 aliphatic rings. The van der Waals surface area contributed by atoms with Gasteiger partial charge in [0.1, 0.15) is 12.4 Å². The van der Waals surface area contributed by atoms with Gasteiger partial charge in [0.15, 0.2) is 0 Å². The van der Waals surface area contributed by atoms with Crippen LogP contribution >= 0.6 is 24.0 Å². The lowest BCUT2D eigenvalue weighted by Crippen LogP contribution is -2.16. The monoisotopic (exact) mass is 405 g/mol. The van der Waals surface area contributed by atoms with Crippen LogP contribution in [0.25, 0.3) is 0 Å². The molecular formula is C23H29Cl2NO. The first-order chi connectivity index (χ1) is 12.7. The molecule has 4 heteroatoms. The Bertz CT molecular complexity index is 741. The molecule has 0 saturated heterocycles. The van der Waals surface area contributed by atoms with E-state index in [1.807, 2.05) is 18.2 Å². The first kappa shape index (κ1) is 21.8. The molecule has 0 saturated carbocycles. The van der Waals surface area contributed by atoms with Gasteiger partial charge in [0.25, 0.3) is 0 Å². The zero-order valence-electron chi connectivity index (χ0n) is 16.0. The van der Waals surface area contributed by atoms with Crippen molar-refractivity contribution in [1.82, 2.24) is 5.32 Å². The van der Waals surface area contributed by atoms with Gasteiger partial charge in [-0.25, -0.2) is 0 Å². The maximum Gasteiger partial charge on any atom is 0.124 e. The summed E-state index contributed by atoms with van der Waals surface area (Å²) in [5.74, 6) is 0.902. The third-order valence-corrected chi connectivity index (χ3v) is 5.10. The standard InChI is InChI=1S/C23H28ClNO.ClH/c1-18-7-9-20(10-8-18)17-26-23-12-11-22(24)15-21(23)16-25-14-13-19-5-3-2-4-6-19;/h5,7-12,15,25H,2-4,6,13-14,16-17H2,1H3;1H. The third kappa shape index (κ3) is 7.21. The van der Waals surface area contributed by atoms with E-state index in [4.69, 9.17) is 16.3 Å². The minimum Gasteiger partial charge on any atom is -0.489 e. The van der Waals surface area contributed by atoms with E-state index < -0.39 is 0 Å². The summed E-state index contributed by atoms with van der Waals surface area (Å²) in [4.78, 5) is 0. The van der Waals surface area contributed by atoms with Gasteiger partial charge in [-0.2, -0.15) is 0 Å². The second-order valence-corrected chi connectivity index (χ2v) is 7.50. The number of allylic oxidation sites excluding steroid dienone is 1. The van der Waals surface area contributed by atoms with E-state index in [9.17, 15) is 0 Å². The molecule has 0 atom stereocenters. The molecule has 0 amide bonds. The van der Waals surface area contributed by atoms with E-state index in [1.54, 1.807) is 5.57 Å². The van der Waals surface area contributed by atoms with Crippen LogP contribution in [0.15, 0.2) is 54.1 Å². The lowest BCUT2D eigenvalue weighted by molar-refractivity contribution is 0.302. The molecule has 1 aliphatic carbocycles. The number of hydrogen-bond acceptors (Lipinski definition) is 2. The van der Waals surface area contributed by atoms with Gasteiger partial charge in [-0.05, 0) is 69.3 Å². The van der Waals surface area contributed by atoms with Crippen LogP contribution in [0.4, 0.5) is 0 Å². The normalized spacial score (nSPS) is 13.6. The molecule has 2 aromatic carbocycles. The number of aryl methyl sites for hydroxylation is 1. The Morgan fingerprint density at radius 2 is 1.89 bits per heavy atom. The fourth-order valence-electron chi connectivity index (χ4n) is 3.28. The van der Waals surface area contributed by atoms with E-state index in [0.29, 0.717) is 6.61 Å². The van der Waals surface area contributed by atoms with Crippen LogP contribution in [0.1, 0.15) is 48.8 Å². The van der Waals surface area contributed by atoms with Gasteiger partial charge in [0.2, 0.25) is 0 Å². The van der Waals surface area contributed by atoms with Gasteiger partial charge in [-0.3, -0.25) is 0 Å². The van der Waals surface area contributed by atoms with Crippen LogP contribution in [0.5, 0.6) is 5.75 Å². The minimum atomic E-state index is 0. The number of rotatable bonds is 8. The van der Waals surface area contributed by atoms with Crippen molar-refractivity contribution >= 4 is 24.0 Å². The second kappa shape index (κ2) is 11.4. The summed E-state index contributed by atoms with van der Waals surface area (Å²) in [6, 6.07) is 14.3. The maximum atomic E-state index is 6.19. The van der Waals surface area contributed by atoms with Crippen molar-refractivity contribution in [2.75, 3.05) is 6.54 Å². The number of hydrogen-bond donors (Lipinski definition) is 1. The molecule has 2 aromatic rings. The zero-order valence-corrected chi connectivity index (χ0v) is 17.5. The SMILES string of the molecule is Cc1ccc(COc2ccc(Cl)cc2CNCCC2=CCCCC2)cc1.Cl. The summed E-state index contributed by atoms with van der Waals surface area (Å²) in [6.45, 7) is 4.44. The quantitative estimate of drug-likeness (QED) is 0.392. The molecule has 0 spiro atoms. The van der Waals surface area contributed by atoms with Crippen LogP contribution in [0.3, 0.4) is 0 Å². The molecule has 2 nitrogen and oxygen atoms in total. The molecular weight excluding hydrogens is 377 g/mol. The largest absolute Gasteiger partial charge is 0.489 e. The van der Waals surface area contributed by atoms with Crippen LogP contribution in [0.2, 0.25) is 5.02 Å². The highest BCUT2D eigenvalue weighted by Crippen LogP contribution is 2.24. The van der Waals surface area contributed by atoms with Gasteiger partial charge in [-0.1, -0.05) is 53.1 Å². The van der Waals surface area contributed by atoms with Gasteiger partial charge in [0.05, 0.1) is 0 Å². The van der Waals surface area contributed by atoms with E-state index in [0.717, 1.165) is 35.8 Å². The lowest BCUT2D eigenvalue weighted by Gasteiger charge is -2.15. The average Bonchev–Trinajstić information content (AvgIpc) is 2.67. The molecule has 0 bridgehead atoms. The van der Waals surface area contributed by atoms with Crippen molar-refractivity contribution in [3.63, 3.8) is 0 Å². The smallest absolute Gasteiger partial charge is 0.124 e. The summed E-state index contributed by atoms with van der Waals surface area (Å²) in [5, 5.41) is 4.29. The number of benzene rings is 2. The summed E-state index contributed by atoms with van der Waals surface area (Å²) in [6.07, 6.45) is 8.77. The Kier molecular flexibility index (Phi) is 9.20. The average molecular weight is 406 g/mol. The Hall–Kier alpha value is -1.48. The topological polar surface area (TPSA) is 21.3 Å². The van der Waals surface area contributed by atoms with Crippen LogP contribution in [-0.4, -0.2) is 6.54 Å². The van der Waals surface area contributed by atoms with E-state index in [2.05, 4.69) is 42.6 Å². The Labute approximate surface area is 174 Å². The van der Waals surface area contributed by atoms with E-state index >= 15 is 0 Å². The highest BCUT2D eigenvalue weighted by Gasteiger charge is 2.07. The molecule has 0 radical (unpaired) electrons. The molecule has 146 valence electrons. The van der Waals surface area contributed by atoms with Crippen LogP contribution in [-0.2, 0) is 13.2 Å². The summed E-state index contributed by atoms with van der Waals surface area (Å²) >= 11 is 6.19. The van der Waals surface area contributed by atoms with Crippen LogP contribution < -0.4 is 10.1 Å². The predicted octanol–water partition coefficient (Wildman–Crippen LogP) is 6.63. The lowest BCUT2D eigenvalue weighted by atomic mass is 9.97. The molecule has 1 N–H and O–H groups in total. The molecule has 0 unspecified atom stereocenters. The Morgan fingerprint density at radius 1 is 1.07 bits per heavy atom. The van der Waals surface area contributed by atoms with Crippen molar-refractivity contribution < 1.29 is 4.74 Å². The first-order valence-corrected chi connectivity index (χ1v) is 9.94. The van der Waals surface area contributed by atoms with E-state index in [-0.39, 0.29) is 12.4 Å². The fraction of sp³-hybridized carbons (Fsp3) is 0.391. The maximum absolute atomic E-state index is 6.19. The Balaban J connectivity index is 0.00000261. The molecule has 0 aliphatic heterocycles. The highest BCUT2D eigenvalue weighted by atomic mass is 35.5. The van der Waals surface area contributed by atoms with Gasteiger partial charge in [-0.15, -0.1) is 12.4 Å². The van der Waals surface area contributed by atoms with Crippen molar-refractivity contribution in [3.8, 4) is 5.75 Å². The van der Waals surface area contributed by atoms with E-state index in [1.165, 1.54) is 36.8 Å². The molecule has 0 fully saturated rings. The van der Waals surface area contributed by atoms with Crippen molar-refractivity contribution in [2.45, 2.75) is 52.2 Å². The van der Waals surface area contributed by atoms with Crippen molar-refractivity contribution in [2.24, 2.45) is 0 Å². The molecule has 3 rings (SSSR count). The number of nitrogens with one attached hydrogen (secondary N) is 1. The zero-order chi connectivity index (χ0) is 18.2. The van der Waals surface area contributed by atoms with Gasteiger partial charge >= 0.3 is 0 Å². The molecule has 27 heavy (non-hydrogen) atoms. The number of halogens is 2. The second-order valence-electron chi connectivity index (χ2n) is 7.06. The third-order valence-electron chi connectivity index (χ3n) is 4.86. The number of ether oxygens (including phenoxy) is 1. The summed E-state index contributed by atoms with van der Waals surface area (Å²) in [5.41, 5.74) is 5.15.